The molecule has 2 rings (SSSR count). The molecule has 1 fully saturated rings. The minimum absolute atomic E-state index is 0.180. The summed E-state index contributed by atoms with van der Waals surface area (Å²) in [5.74, 6) is 0. The first-order chi connectivity index (χ1) is 9.56. The summed E-state index contributed by atoms with van der Waals surface area (Å²) in [5.41, 5.74) is 0.171. The van der Waals surface area contributed by atoms with Gasteiger partial charge in [0.15, 0.2) is 0 Å². The number of aryl methyl sites for hydroxylation is 1. The second-order valence-electron chi connectivity index (χ2n) is 5.51. The Morgan fingerprint density at radius 2 is 2.40 bits per heavy atom. The van der Waals surface area contributed by atoms with E-state index >= 15 is 0 Å². The molecule has 1 N–H and O–H groups in total. The van der Waals surface area contributed by atoms with Crippen LogP contribution >= 0.6 is 11.6 Å². The lowest BCUT2D eigenvalue weighted by atomic mass is 10.0. The lowest BCUT2D eigenvalue weighted by Gasteiger charge is -2.24. The van der Waals surface area contributed by atoms with Crippen molar-refractivity contribution >= 4 is 17.3 Å². The van der Waals surface area contributed by atoms with E-state index < -0.39 is 0 Å². The minimum Gasteiger partial charge on any atom is -0.379 e. The van der Waals surface area contributed by atoms with Crippen LogP contribution in [0.1, 0.15) is 39.5 Å². The average molecular weight is 300 g/mol. The molecule has 0 aromatic carbocycles. The summed E-state index contributed by atoms with van der Waals surface area (Å²) in [7, 11) is 0. The molecule has 1 aromatic rings. The number of hydrogen-bond acceptors (Lipinski definition) is 4. The second-order valence-corrected chi connectivity index (χ2v) is 5.89. The minimum atomic E-state index is -0.234. The van der Waals surface area contributed by atoms with Crippen LogP contribution in [-0.2, 0) is 11.3 Å². The van der Waals surface area contributed by atoms with Crippen LogP contribution in [0.3, 0.4) is 0 Å². The van der Waals surface area contributed by atoms with Crippen LogP contribution in [0.2, 0.25) is 5.02 Å². The molecule has 1 aromatic heterocycles. The normalized spacial score (nSPS) is 22.1. The second kappa shape index (κ2) is 6.59. The Kier molecular flexibility index (Phi) is 5.05. The van der Waals surface area contributed by atoms with Gasteiger partial charge in [0.1, 0.15) is 5.02 Å². The van der Waals surface area contributed by atoms with Crippen LogP contribution in [0, 0.1) is 0 Å². The van der Waals surface area contributed by atoms with Crippen LogP contribution in [0.4, 0.5) is 5.69 Å². The molecule has 1 saturated heterocycles. The summed E-state index contributed by atoms with van der Waals surface area (Å²) in [5, 5.41) is 7.55. The van der Waals surface area contributed by atoms with Gasteiger partial charge in [-0.2, -0.15) is 5.10 Å². The summed E-state index contributed by atoms with van der Waals surface area (Å²) in [4.78, 5) is 12.1. The molecule has 1 aliphatic heterocycles. The Balaban J connectivity index is 2.05. The predicted molar refractivity (Wildman–Crippen MR) is 80.5 cm³/mol. The molecule has 112 valence electrons. The van der Waals surface area contributed by atoms with E-state index in [1.54, 1.807) is 6.20 Å². The SMILES string of the molecule is CCCCn1ncc(NCC2(C)CCCO2)c(Cl)c1=O. The molecule has 0 saturated carbocycles. The Labute approximate surface area is 124 Å². The van der Waals surface area contributed by atoms with Gasteiger partial charge in [-0.25, -0.2) is 4.68 Å². The van der Waals surface area contributed by atoms with Crippen molar-refractivity contribution in [3.8, 4) is 0 Å². The molecule has 0 radical (unpaired) electrons. The van der Waals surface area contributed by atoms with Crippen molar-refractivity contribution in [2.45, 2.75) is 51.7 Å². The summed E-state index contributed by atoms with van der Waals surface area (Å²) >= 11 is 6.13. The van der Waals surface area contributed by atoms with E-state index in [1.165, 1.54) is 4.68 Å². The first kappa shape index (κ1) is 15.3. The highest BCUT2D eigenvalue weighted by molar-refractivity contribution is 6.32. The van der Waals surface area contributed by atoms with Crippen molar-refractivity contribution in [1.29, 1.82) is 0 Å². The van der Waals surface area contributed by atoms with Crippen molar-refractivity contribution in [2.24, 2.45) is 0 Å². The van der Waals surface area contributed by atoms with Gasteiger partial charge in [-0.05, 0) is 26.2 Å². The van der Waals surface area contributed by atoms with Crippen molar-refractivity contribution in [1.82, 2.24) is 9.78 Å². The zero-order valence-electron chi connectivity index (χ0n) is 12.1. The van der Waals surface area contributed by atoms with Gasteiger partial charge in [0.2, 0.25) is 0 Å². The Morgan fingerprint density at radius 1 is 1.60 bits per heavy atom. The standard InChI is InChI=1S/C14H22ClN3O2/c1-3-4-7-18-13(19)12(15)11(9-17-18)16-10-14(2)6-5-8-20-14/h9,16H,3-8,10H2,1-2H3. The highest BCUT2D eigenvalue weighted by Gasteiger charge is 2.29. The van der Waals surface area contributed by atoms with Gasteiger partial charge in [0.05, 0.1) is 17.5 Å². The van der Waals surface area contributed by atoms with Crippen LogP contribution in [0.5, 0.6) is 0 Å². The summed E-state index contributed by atoms with van der Waals surface area (Å²) in [6.45, 7) is 6.17. The third-order valence-corrected chi connectivity index (χ3v) is 4.03. The molecule has 0 spiro atoms. The highest BCUT2D eigenvalue weighted by atomic mass is 35.5. The third-order valence-electron chi connectivity index (χ3n) is 3.66. The van der Waals surface area contributed by atoms with Crippen LogP contribution in [0.25, 0.3) is 0 Å². The lowest BCUT2D eigenvalue weighted by molar-refractivity contribution is 0.0315. The number of anilines is 1. The van der Waals surface area contributed by atoms with Crippen molar-refractivity contribution < 1.29 is 4.74 Å². The zero-order chi connectivity index (χ0) is 14.6. The first-order valence-corrected chi connectivity index (χ1v) is 7.57. The smallest absolute Gasteiger partial charge is 0.287 e. The van der Waals surface area contributed by atoms with Gasteiger partial charge < -0.3 is 10.1 Å². The van der Waals surface area contributed by atoms with E-state index in [4.69, 9.17) is 16.3 Å². The third kappa shape index (κ3) is 3.52. The highest BCUT2D eigenvalue weighted by Crippen LogP contribution is 2.26. The molecule has 1 unspecified atom stereocenters. The molecule has 5 nitrogen and oxygen atoms in total. The van der Waals surface area contributed by atoms with E-state index in [-0.39, 0.29) is 16.2 Å². The molecule has 6 heteroatoms. The molecule has 2 heterocycles. The summed E-state index contributed by atoms with van der Waals surface area (Å²) in [6, 6.07) is 0. The number of rotatable bonds is 6. The number of aromatic nitrogens is 2. The molecular weight excluding hydrogens is 278 g/mol. The van der Waals surface area contributed by atoms with Crippen molar-refractivity contribution in [3.05, 3.63) is 21.6 Å². The fraction of sp³-hybridized carbons (Fsp3) is 0.714. The van der Waals surface area contributed by atoms with Gasteiger partial charge in [-0.15, -0.1) is 0 Å². The Hall–Kier alpha value is -1.07. The van der Waals surface area contributed by atoms with Crippen molar-refractivity contribution in [2.75, 3.05) is 18.5 Å². The van der Waals surface area contributed by atoms with Gasteiger partial charge in [0.25, 0.3) is 5.56 Å². The number of hydrogen-bond donors (Lipinski definition) is 1. The average Bonchev–Trinajstić information content (AvgIpc) is 2.87. The number of unbranched alkanes of at least 4 members (excludes halogenated alkanes) is 1. The maximum Gasteiger partial charge on any atom is 0.287 e. The number of nitrogens with one attached hydrogen (secondary N) is 1. The molecule has 20 heavy (non-hydrogen) atoms. The largest absolute Gasteiger partial charge is 0.379 e. The van der Waals surface area contributed by atoms with Gasteiger partial charge in [-0.1, -0.05) is 24.9 Å². The maximum absolute atomic E-state index is 12.1. The van der Waals surface area contributed by atoms with Crippen LogP contribution in [0.15, 0.2) is 11.0 Å². The molecule has 0 amide bonds. The van der Waals surface area contributed by atoms with Gasteiger partial charge in [-0.3, -0.25) is 4.79 Å². The number of ether oxygens (including phenoxy) is 1. The first-order valence-electron chi connectivity index (χ1n) is 7.19. The maximum atomic E-state index is 12.1. The zero-order valence-corrected chi connectivity index (χ0v) is 12.9. The molecule has 1 atom stereocenters. The van der Waals surface area contributed by atoms with Gasteiger partial charge in [0, 0.05) is 19.7 Å². The number of halogens is 1. The van der Waals surface area contributed by atoms with E-state index in [9.17, 15) is 4.79 Å². The van der Waals surface area contributed by atoms with Crippen molar-refractivity contribution in [3.63, 3.8) is 0 Å². The van der Waals surface area contributed by atoms with E-state index in [1.807, 2.05) is 0 Å². The molecular formula is C14H22ClN3O2. The molecule has 1 aliphatic rings. The monoisotopic (exact) mass is 299 g/mol. The summed E-state index contributed by atoms with van der Waals surface area (Å²) < 4.78 is 7.12. The topological polar surface area (TPSA) is 56.1 Å². The van der Waals surface area contributed by atoms with Crippen LogP contribution in [-0.4, -0.2) is 28.5 Å². The fourth-order valence-electron chi connectivity index (χ4n) is 2.31. The van der Waals surface area contributed by atoms with E-state index in [0.717, 1.165) is 32.3 Å². The Morgan fingerprint density at radius 3 is 3.05 bits per heavy atom. The van der Waals surface area contributed by atoms with E-state index in [2.05, 4.69) is 24.3 Å². The van der Waals surface area contributed by atoms with Gasteiger partial charge >= 0.3 is 0 Å². The molecule has 0 aliphatic carbocycles. The predicted octanol–water partition coefficient (Wildman–Crippen LogP) is 2.68. The fourth-order valence-corrected chi connectivity index (χ4v) is 2.53. The van der Waals surface area contributed by atoms with Crippen LogP contribution < -0.4 is 10.9 Å². The molecule has 0 bridgehead atoms. The summed E-state index contributed by atoms with van der Waals surface area (Å²) in [6.07, 6.45) is 5.64. The quantitative estimate of drug-likeness (QED) is 0.877. The van der Waals surface area contributed by atoms with E-state index in [0.29, 0.717) is 18.8 Å². The lowest BCUT2D eigenvalue weighted by Crippen LogP contribution is -2.33. The Bertz CT molecular complexity index is 510. The number of nitrogens with zero attached hydrogens (tertiary/aromatic N) is 2.